The van der Waals surface area contributed by atoms with Crippen LogP contribution in [-0.4, -0.2) is 18.0 Å². The van der Waals surface area contributed by atoms with Crippen molar-refractivity contribution in [3.63, 3.8) is 0 Å². The summed E-state index contributed by atoms with van der Waals surface area (Å²) in [6, 6.07) is 0. The molecule has 0 aliphatic carbocycles. The lowest BCUT2D eigenvalue weighted by Gasteiger charge is -2.18. The Labute approximate surface area is 66.2 Å². The fourth-order valence-corrected chi connectivity index (χ4v) is 4.94. The Hall–Kier alpha value is 0.430. The highest BCUT2D eigenvalue weighted by Gasteiger charge is 2.29. The average molecular weight is 158 g/mol. The van der Waals surface area contributed by atoms with E-state index >= 15 is 0 Å². The summed E-state index contributed by atoms with van der Waals surface area (Å²) in [7, 11) is 0.408. The molecule has 0 nitrogen and oxygen atoms in total. The summed E-state index contributed by atoms with van der Waals surface area (Å²) in [4.78, 5) is 0. The van der Waals surface area contributed by atoms with Gasteiger partial charge >= 0.3 is 0 Å². The van der Waals surface area contributed by atoms with Crippen LogP contribution in [0.4, 0.5) is 0 Å². The van der Waals surface area contributed by atoms with E-state index < -0.39 is 0 Å². The first-order valence-electron chi connectivity index (χ1n) is 4.51. The lowest BCUT2D eigenvalue weighted by atomic mass is 10.1. The van der Waals surface area contributed by atoms with Gasteiger partial charge in [-0.25, -0.2) is 0 Å². The molecule has 0 saturated carbocycles. The molecular formula is C9H19P. The van der Waals surface area contributed by atoms with E-state index in [1.807, 2.05) is 0 Å². The Bertz CT molecular complexity index is 88.9. The van der Waals surface area contributed by atoms with E-state index in [1.165, 1.54) is 25.7 Å². The van der Waals surface area contributed by atoms with E-state index in [4.69, 9.17) is 0 Å². The third-order valence-corrected chi connectivity index (χ3v) is 6.48. The van der Waals surface area contributed by atoms with Gasteiger partial charge in [0.25, 0.3) is 0 Å². The maximum Gasteiger partial charge on any atom is -0.0212 e. The third-order valence-electron chi connectivity index (χ3n) is 2.93. The van der Waals surface area contributed by atoms with Crippen LogP contribution in [-0.2, 0) is 0 Å². The van der Waals surface area contributed by atoms with Crippen LogP contribution in [0.15, 0.2) is 0 Å². The molecule has 1 aliphatic rings. The molecule has 2 atom stereocenters. The summed E-state index contributed by atoms with van der Waals surface area (Å²) < 4.78 is 0. The number of hydrogen-bond acceptors (Lipinski definition) is 0. The highest BCUT2D eigenvalue weighted by molar-refractivity contribution is 7.58. The minimum atomic E-state index is 0.408. The Morgan fingerprint density at radius 3 is 1.70 bits per heavy atom. The van der Waals surface area contributed by atoms with E-state index in [2.05, 4.69) is 20.5 Å². The fraction of sp³-hybridized carbons (Fsp3) is 1.00. The zero-order chi connectivity index (χ0) is 7.56. The Balaban J connectivity index is 2.41. The lowest BCUT2D eigenvalue weighted by molar-refractivity contribution is 0.696. The Morgan fingerprint density at radius 2 is 1.50 bits per heavy atom. The molecule has 0 spiro atoms. The van der Waals surface area contributed by atoms with Crippen molar-refractivity contribution < 1.29 is 0 Å². The molecule has 1 saturated heterocycles. The van der Waals surface area contributed by atoms with Crippen LogP contribution in [0.25, 0.3) is 0 Å². The van der Waals surface area contributed by atoms with Gasteiger partial charge < -0.3 is 0 Å². The van der Waals surface area contributed by atoms with Gasteiger partial charge in [-0.3, -0.25) is 0 Å². The molecule has 1 aliphatic heterocycles. The first-order valence-corrected chi connectivity index (χ1v) is 6.44. The van der Waals surface area contributed by atoms with E-state index in [0.717, 1.165) is 11.3 Å². The van der Waals surface area contributed by atoms with Crippen LogP contribution >= 0.6 is 7.92 Å². The fourth-order valence-electron chi connectivity index (χ4n) is 2.07. The molecule has 1 heterocycles. The second kappa shape index (κ2) is 3.72. The van der Waals surface area contributed by atoms with Crippen molar-refractivity contribution in [2.75, 3.05) is 6.66 Å². The smallest absolute Gasteiger partial charge is 0.0212 e. The lowest BCUT2D eigenvalue weighted by Crippen LogP contribution is -1.99. The predicted molar refractivity (Wildman–Crippen MR) is 50.2 cm³/mol. The average Bonchev–Trinajstić information content (AvgIpc) is 2.30. The summed E-state index contributed by atoms with van der Waals surface area (Å²) in [5.74, 6) is 0. The zero-order valence-corrected chi connectivity index (χ0v) is 8.32. The van der Waals surface area contributed by atoms with Crippen molar-refractivity contribution in [3.8, 4) is 0 Å². The molecule has 10 heavy (non-hydrogen) atoms. The molecule has 0 amide bonds. The van der Waals surface area contributed by atoms with Crippen LogP contribution in [0.5, 0.6) is 0 Å². The summed E-state index contributed by atoms with van der Waals surface area (Å²) in [6.07, 6.45) is 5.91. The molecule has 2 unspecified atom stereocenters. The van der Waals surface area contributed by atoms with Crippen molar-refractivity contribution in [3.05, 3.63) is 0 Å². The number of hydrogen-bond donors (Lipinski definition) is 0. The Morgan fingerprint density at radius 1 is 1.10 bits per heavy atom. The van der Waals surface area contributed by atoms with Crippen molar-refractivity contribution >= 4 is 7.92 Å². The summed E-state index contributed by atoms with van der Waals surface area (Å²) in [5, 5.41) is 0. The second-order valence-corrected chi connectivity index (χ2v) is 6.16. The SMILES string of the molecule is CCC1CCC(CC)P1C. The monoisotopic (exact) mass is 158 g/mol. The first-order chi connectivity index (χ1) is 4.79. The van der Waals surface area contributed by atoms with Crippen LogP contribution in [0.2, 0.25) is 0 Å². The van der Waals surface area contributed by atoms with E-state index in [1.54, 1.807) is 0 Å². The molecule has 1 heteroatoms. The maximum absolute atomic E-state index is 2.50. The van der Waals surface area contributed by atoms with Crippen molar-refractivity contribution in [2.24, 2.45) is 0 Å². The molecule has 0 bridgehead atoms. The van der Waals surface area contributed by atoms with Gasteiger partial charge in [-0.05, 0) is 43.7 Å². The molecule has 60 valence electrons. The van der Waals surface area contributed by atoms with Gasteiger partial charge in [0, 0.05) is 0 Å². The maximum atomic E-state index is 2.50. The second-order valence-electron chi connectivity index (χ2n) is 3.37. The molecule has 0 aromatic heterocycles. The summed E-state index contributed by atoms with van der Waals surface area (Å²) in [6.45, 7) is 7.20. The Kier molecular flexibility index (Phi) is 3.17. The van der Waals surface area contributed by atoms with Crippen LogP contribution < -0.4 is 0 Å². The summed E-state index contributed by atoms with van der Waals surface area (Å²) in [5.41, 5.74) is 2.22. The van der Waals surface area contributed by atoms with Gasteiger partial charge in [0.2, 0.25) is 0 Å². The molecule has 1 fully saturated rings. The van der Waals surface area contributed by atoms with Gasteiger partial charge in [0.15, 0.2) is 0 Å². The summed E-state index contributed by atoms with van der Waals surface area (Å²) >= 11 is 0. The largest absolute Gasteiger partial charge is 0.104 e. The quantitative estimate of drug-likeness (QED) is 0.540. The molecule has 0 radical (unpaired) electrons. The molecule has 0 aromatic rings. The van der Waals surface area contributed by atoms with Gasteiger partial charge in [0.1, 0.15) is 0 Å². The normalized spacial score (nSPS) is 40.5. The molecule has 0 N–H and O–H groups in total. The van der Waals surface area contributed by atoms with Gasteiger partial charge in [-0.15, -0.1) is 7.92 Å². The van der Waals surface area contributed by atoms with Gasteiger partial charge in [-0.1, -0.05) is 13.8 Å². The highest BCUT2D eigenvalue weighted by atomic mass is 31.1. The topological polar surface area (TPSA) is 0 Å². The molecule has 0 aromatic carbocycles. The standard InChI is InChI=1S/C9H19P/c1-4-8-6-7-9(5-2)10(8)3/h8-9H,4-7H2,1-3H3. The van der Waals surface area contributed by atoms with Crippen molar-refractivity contribution in [1.82, 2.24) is 0 Å². The first kappa shape index (κ1) is 8.53. The molecular weight excluding hydrogens is 139 g/mol. The predicted octanol–water partition coefficient (Wildman–Crippen LogP) is 3.45. The third kappa shape index (κ3) is 1.53. The molecule has 1 rings (SSSR count). The minimum absolute atomic E-state index is 0.408. The number of rotatable bonds is 2. The van der Waals surface area contributed by atoms with Crippen molar-refractivity contribution in [1.29, 1.82) is 0 Å². The van der Waals surface area contributed by atoms with E-state index in [-0.39, 0.29) is 0 Å². The van der Waals surface area contributed by atoms with Crippen LogP contribution in [0.1, 0.15) is 39.5 Å². The van der Waals surface area contributed by atoms with Crippen LogP contribution in [0, 0.1) is 0 Å². The van der Waals surface area contributed by atoms with E-state index in [9.17, 15) is 0 Å². The van der Waals surface area contributed by atoms with Gasteiger partial charge in [0.05, 0.1) is 0 Å². The zero-order valence-electron chi connectivity index (χ0n) is 7.43. The minimum Gasteiger partial charge on any atom is -0.104 e. The van der Waals surface area contributed by atoms with Crippen LogP contribution in [0.3, 0.4) is 0 Å². The van der Waals surface area contributed by atoms with Gasteiger partial charge in [-0.2, -0.15) is 0 Å². The highest BCUT2D eigenvalue weighted by Crippen LogP contribution is 2.54. The van der Waals surface area contributed by atoms with Crippen molar-refractivity contribution in [2.45, 2.75) is 50.8 Å². The van der Waals surface area contributed by atoms with E-state index in [0.29, 0.717) is 7.92 Å².